The van der Waals surface area contributed by atoms with Crippen LogP contribution in [-0.2, 0) is 4.89 Å². The Kier molecular flexibility index (Phi) is 8.57. The monoisotopic (exact) mass is 416 g/mol. The van der Waals surface area contributed by atoms with Crippen molar-refractivity contribution in [2.45, 2.75) is 20.8 Å². The third-order valence-corrected chi connectivity index (χ3v) is 3.61. The predicted molar refractivity (Wildman–Crippen MR) is 106 cm³/mol. The number of aryl methyl sites for hydroxylation is 2. The standard InChI is InChI=1S/C9H10N2O4.C8H6N4O3/c1-6-4-3-5-8(11(12)13)9(6)10-7(2)15-14;1-5-3-2-4-6(12(14)15)7(5)8(13)10-11-9/h3-5,14H,1-2H3;2-4H,1H3. The molecule has 2 aromatic carbocycles. The summed E-state index contributed by atoms with van der Waals surface area (Å²) >= 11 is 0. The van der Waals surface area contributed by atoms with Gasteiger partial charge in [-0.1, -0.05) is 24.3 Å². The zero-order valence-corrected chi connectivity index (χ0v) is 16.0. The van der Waals surface area contributed by atoms with Crippen molar-refractivity contribution < 1.29 is 24.8 Å². The van der Waals surface area contributed by atoms with Crippen LogP contribution in [-0.4, -0.2) is 26.9 Å². The van der Waals surface area contributed by atoms with Crippen LogP contribution in [0, 0.1) is 34.1 Å². The second-order valence-corrected chi connectivity index (χ2v) is 5.64. The lowest BCUT2D eigenvalue weighted by Crippen LogP contribution is -2.03. The number of nitro benzene ring substituents is 2. The van der Waals surface area contributed by atoms with Gasteiger partial charge in [0, 0.05) is 24.0 Å². The highest BCUT2D eigenvalue weighted by Crippen LogP contribution is 2.30. The van der Waals surface area contributed by atoms with Gasteiger partial charge in [0.05, 0.1) is 9.85 Å². The van der Waals surface area contributed by atoms with E-state index < -0.39 is 15.8 Å². The van der Waals surface area contributed by atoms with Crippen LogP contribution in [0.25, 0.3) is 10.4 Å². The Morgan fingerprint density at radius 2 is 1.60 bits per heavy atom. The molecule has 1 amide bonds. The van der Waals surface area contributed by atoms with Gasteiger partial charge in [-0.3, -0.25) is 25.0 Å². The number of rotatable bonds is 4. The van der Waals surface area contributed by atoms with E-state index in [2.05, 4.69) is 19.9 Å². The molecule has 13 nitrogen and oxygen atoms in total. The minimum absolute atomic E-state index is 0.0487. The third-order valence-electron chi connectivity index (χ3n) is 3.61. The fourth-order valence-corrected chi connectivity index (χ4v) is 2.29. The number of nitro groups is 2. The summed E-state index contributed by atoms with van der Waals surface area (Å²) in [6.07, 6.45) is 0. The Morgan fingerprint density at radius 3 is 2.10 bits per heavy atom. The van der Waals surface area contributed by atoms with Crippen LogP contribution in [0.5, 0.6) is 0 Å². The molecule has 1 N–H and O–H groups in total. The van der Waals surface area contributed by atoms with E-state index in [-0.39, 0.29) is 28.5 Å². The predicted octanol–water partition coefficient (Wildman–Crippen LogP) is 4.80. The molecule has 0 radical (unpaired) electrons. The van der Waals surface area contributed by atoms with Crippen molar-refractivity contribution in [2.24, 2.45) is 10.1 Å². The summed E-state index contributed by atoms with van der Waals surface area (Å²) in [5, 5.41) is 32.4. The van der Waals surface area contributed by atoms with E-state index in [0.29, 0.717) is 11.1 Å². The zero-order chi connectivity index (χ0) is 22.8. The molecule has 0 fully saturated rings. The fourth-order valence-electron chi connectivity index (χ4n) is 2.29. The number of carbonyl (C=O) groups excluding carboxylic acids is 1. The van der Waals surface area contributed by atoms with Crippen molar-refractivity contribution in [3.8, 4) is 0 Å². The molecule has 0 aliphatic rings. The van der Waals surface area contributed by atoms with Gasteiger partial charge in [0.1, 0.15) is 11.3 Å². The molecular weight excluding hydrogens is 400 g/mol. The molecule has 13 heteroatoms. The number of hydrogen-bond acceptors (Lipinski definition) is 8. The third kappa shape index (κ3) is 6.09. The van der Waals surface area contributed by atoms with Crippen LogP contribution in [0.4, 0.5) is 17.1 Å². The van der Waals surface area contributed by atoms with Crippen molar-refractivity contribution in [3.63, 3.8) is 0 Å². The molecule has 0 spiro atoms. The van der Waals surface area contributed by atoms with Gasteiger partial charge in [0.25, 0.3) is 17.3 Å². The number of benzene rings is 2. The van der Waals surface area contributed by atoms with E-state index >= 15 is 0 Å². The molecule has 0 heterocycles. The molecule has 2 rings (SSSR count). The maximum Gasteiger partial charge on any atom is 0.295 e. The summed E-state index contributed by atoms with van der Waals surface area (Å²) < 4.78 is 0. The largest absolute Gasteiger partial charge is 0.325 e. The summed E-state index contributed by atoms with van der Waals surface area (Å²) in [6.45, 7) is 4.62. The average molecular weight is 416 g/mol. The first-order valence-electron chi connectivity index (χ1n) is 8.08. The Morgan fingerprint density at radius 1 is 1.07 bits per heavy atom. The zero-order valence-electron chi connectivity index (χ0n) is 16.0. The Labute approximate surface area is 169 Å². The van der Waals surface area contributed by atoms with Gasteiger partial charge in [-0.15, -0.1) is 0 Å². The van der Waals surface area contributed by atoms with Crippen LogP contribution >= 0.6 is 0 Å². The van der Waals surface area contributed by atoms with E-state index in [1.54, 1.807) is 19.1 Å². The minimum atomic E-state index is -0.942. The van der Waals surface area contributed by atoms with Crippen LogP contribution in [0.2, 0.25) is 0 Å². The minimum Gasteiger partial charge on any atom is -0.325 e. The highest BCUT2D eigenvalue weighted by Gasteiger charge is 2.20. The lowest BCUT2D eigenvalue weighted by atomic mass is 10.1. The number of carbonyl (C=O) groups is 1. The first-order valence-corrected chi connectivity index (χ1v) is 8.08. The fraction of sp³-hybridized carbons (Fsp3) is 0.176. The molecule has 156 valence electrons. The van der Waals surface area contributed by atoms with E-state index in [9.17, 15) is 25.0 Å². The van der Waals surface area contributed by atoms with Gasteiger partial charge < -0.3 is 4.89 Å². The number of para-hydroxylation sites is 1. The van der Waals surface area contributed by atoms with Gasteiger partial charge in [0.2, 0.25) is 5.90 Å². The molecule has 0 aromatic heterocycles. The lowest BCUT2D eigenvalue weighted by molar-refractivity contribution is -0.385. The van der Waals surface area contributed by atoms with Gasteiger partial charge in [-0.2, -0.15) is 0 Å². The SMILES string of the molecule is CC(=Nc1c(C)cccc1[N+](=O)[O-])OO.Cc1cccc([N+](=O)[O-])c1C(=O)N=[N+]=[N-]. The molecule has 0 unspecified atom stereocenters. The van der Waals surface area contributed by atoms with Crippen LogP contribution in [0.1, 0.15) is 28.4 Å². The molecule has 0 saturated carbocycles. The van der Waals surface area contributed by atoms with Crippen LogP contribution in [0.3, 0.4) is 0 Å². The van der Waals surface area contributed by atoms with E-state index in [4.69, 9.17) is 10.8 Å². The molecule has 0 aliphatic carbocycles. The molecule has 0 atom stereocenters. The Balaban J connectivity index is 0.000000300. The molecule has 0 aliphatic heterocycles. The van der Waals surface area contributed by atoms with Gasteiger partial charge in [-0.25, -0.2) is 10.2 Å². The maximum atomic E-state index is 11.3. The first-order chi connectivity index (χ1) is 14.1. The van der Waals surface area contributed by atoms with Crippen molar-refractivity contribution in [1.29, 1.82) is 0 Å². The quantitative estimate of drug-likeness (QED) is 0.108. The van der Waals surface area contributed by atoms with E-state index in [1.165, 1.54) is 38.1 Å². The number of nitrogens with zero attached hydrogens (tertiary/aromatic N) is 6. The van der Waals surface area contributed by atoms with Crippen LogP contribution < -0.4 is 0 Å². The van der Waals surface area contributed by atoms with E-state index in [1.807, 2.05) is 0 Å². The van der Waals surface area contributed by atoms with Crippen molar-refractivity contribution in [2.75, 3.05) is 0 Å². The Bertz CT molecular complexity index is 1060. The summed E-state index contributed by atoms with van der Waals surface area (Å²) in [5.41, 5.74) is 8.68. The molecule has 2 aromatic rings. The number of aliphatic imine (C=N–C) groups is 1. The number of hydrogen-bond donors (Lipinski definition) is 1. The highest BCUT2D eigenvalue weighted by atomic mass is 17.1. The smallest absolute Gasteiger partial charge is 0.295 e. The normalized spacial score (nSPS) is 10.2. The average Bonchev–Trinajstić information content (AvgIpc) is 2.69. The summed E-state index contributed by atoms with van der Waals surface area (Å²) in [5.74, 6) is -0.991. The lowest BCUT2D eigenvalue weighted by Gasteiger charge is -2.01. The van der Waals surface area contributed by atoms with Gasteiger partial charge in [-0.05, 0) is 35.6 Å². The van der Waals surface area contributed by atoms with E-state index in [0.717, 1.165) is 0 Å². The summed E-state index contributed by atoms with van der Waals surface area (Å²) in [7, 11) is 0. The molecule has 30 heavy (non-hydrogen) atoms. The number of azide groups is 1. The second-order valence-electron chi connectivity index (χ2n) is 5.64. The molecule has 0 saturated heterocycles. The second kappa shape index (κ2) is 10.8. The van der Waals surface area contributed by atoms with Crippen molar-refractivity contribution in [3.05, 3.63) is 83.8 Å². The van der Waals surface area contributed by atoms with Crippen molar-refractivity contribution >= 4 is 28.9 Å². The summed E-state index contributed by atoms with van der Waals surface area (Å²) in [6, 6.07) is 8.79. The first kappa shape index (κ1) is 23.7. The molecule has 0 bridgehead atoms. The number of amides is 1. The van der Waals surface area contributed by atoms with Gasteiger partial charge in [0.15, 0.2) is 0 Å². The Hall–Kier alpha value is -4.35. The summed E-state index contributed by atoms with van der Waals surface area (Å²) in [4.78, 5) is 41.3. The highest BCUT2D eigenvalue weighted by molar-refractivity contribution is 6.00. The van der Waals surface area contributed by atoms with Gasteiger partial charge >= 0.3 is 0 Å². The maximum absolute atomic E-state index is 11.3. The van der Waals surface area contributed by atoms with Crippen molar-refractivity contribution in [1.82, 2.24) is 0 Å². The topological polar surface area (TPSA) is 194 Å². The van der Waals surface area contributed by atoms with Crippen LogP contribution in [0.15, 0.2) is 46.5 Å². The molecular formula is C17H16N6O7.